The topological polar surface area (TPSA) is 84.9 Å². The molecule has 0 bridgehead atoms. The molecule has 0 aliphatic carbocycles. The van der Waals surface area contributed by atoms with Crippen LogP contribution in [0.5, 0.6) is 23.0 Å². The predicted octanol–water partition coefficient (Wildman–Crippen LogP) is 5.86. The largest absolute Gasteiger partial charge is 0.453 e. The second-order valence-corrected chi connectivity index (χ2v) is 10.0. The molecule has 2 N–H and O–H groups in total. The Bertz CT molecular complexity index is 1160. The minimum atomic E-state index is -4.17. The quantitative estimate of drug-likeness (QED) is 0.362. The van der Waals surface area contributed by atoms with Crippen molar-refractivity contribution in [3.63, 3.8) is 0 Å². The second-order valence-electron chi connectivity index (χ2n) is 8.54. The van der Waals surface area contributed by atoms with Gasteiger partial charge in [-0.3, -0.25) is 4.55 Å². The molecule has 0 amide bonds. The molecular formula is C26H31NO5S. The molecule has 0 aromatic heterocycles. The first-order chi connectivity index (χ1) is 15.6. The van der Waals surface area contributed by atoms with Gasteiger partial charge >= 0.3 is 0 Å². The highest BCUT2D eigenvalue weighted by Gasteiger charge is 2.21. The van der Waals surface area contributed by atoms with Crippen LogP contribution in [0.3, 0.4) is 0 Å². The van der Waals surface area contributed by atoms with E-state index in [2.05, 4.69) is 5.32 Å². The van der Waals surface area contributed by atoms with Crippen LogP contribution in [-0.2, 0) is 10.1 Å². The summed E-state index contributed by atoms with van der Waals surface area (Å²) in [5.74, 6) is 1.41. The summed E-state index contributed by atoms with van der Waals surface area (Å²) in [4.78, 5) is 0. The minimum absolute atomic E-state index is 0.168. The molecule has 0 spiro atoms. The number of rotatable bonds is 10. The highest BCUT2D eigenvalue weighted by Crippen LogP contribution is 2.37. The molecule has 0 aliphatic rings. The van der Waals surface area contributed by atoms with E-state index in [1.807, 2.05) is 82.3 Å². The third kappa shape index (κ3) is 7.89. The molecule has 176 valence electrons. The summed E-state index contributed by atoms with van der Waals surface area (Å²) in [6.07, 6.45) is 0. The van der Waals surface area contributed by atoms with Gasteiger partial charge in [0, 0.05) is 18.5 Å². The Balaban J connectivity index is 1.98. The van der Waals surface area contributed by atoms with Gasteiger partial charge in [0.05, 0.1) is 5.75 Å². The van der Waals surface area contributed by atoms with Crippen molar-refractivity contribution >= 4 is 10.1 Å². The first kappa shape index (κ1) is 24.8. The van der Waals surface area contributed by atoms with Crippen LogP contribution in [0.25, 0.3) is 0 Å². The van der Waals surface area contributed by atoms with Gasteiger partial charge < -0.3 is 14.8 Å². The Morgan fingerprint density at radius 2 is 1.33 bits per heavy atom. The molecule has 0 heterocycles. The lowest BCUT2D eigenvalue weighted by Gasteiger charge is -2.20. The second kappa shape index (κ2) is 10.8. The standard InChI is InChI=1S/C26H31NO5S/c1-18(2)27-16-22(17-33(28,29)30)21-9-14-25(31-23-10-5-19(3)6-11-23)26(15-21)32-24-12-7-20(4)8-13-24/h5-15,18,22,27H,16-17H2,1-4H3,(H,28,29,30). The summed E-state index contributed by atoms with van der Waals surface area (Å²) in [5.41, 5.74) is 2.96. The summed E-state index contributed by atoms with van der Waals surface area (Å²) in [7, 11) is -4.17. The fourth-order valence-corrected chi connectivity index (χ4v) is 4.13. The van der Waals surface area contributed by atoms with Crippen LogP contribution in [0.1, 0.15) is 36.5 Å². The molecule has 3 aromatic carbocycles. The number of hydrogen-bond donors (Lipinski definition) is 2. The maximum absolute atomic E-state index is 11.7. The molecule has 1 atom stereocenters. The number of benzene rings is 3. The molecule has 0 saturated heterocycles. The zero-order chi connectivity index (χ0) is 24.0. The summed E-state index contributed by atoms with van der Waals surface area (Å²) < 4.78 is 45.1. The third-order valence-corrected chi connectivity index (χ3v) is 5.94. The summed E-state index contributed by atoms with van der Waals surface area (Å²) in [6.45, 7) is 8.35. The van der Waals surface area contributed by atoms with Crippen LogP contribution in [0.4, 0.5) is 0 Å². The van der Waals surface area contributed by atoms with Crippen molar-refractivity contribution in [2.45, 2.75) is 39.7 Å². The molecule has 0 fully saturated rings. The lowest BCUT2D eigenvalue weighted by Crippen LogP contribution is -2.31. The fourth-order valence-electron chi connectivity index (χ4n) is 3.31. The molecular weight excluding hydrogens is 438 g/mol. The smallest absolute Gasteiger partial charge is 0.265 e. The molecule has 0 aliphatic heterocycles. The maximum Gasteiger partial charge on any atom is 0.265 e. The van der Waals surface area contributed by atoms with Gasteiger partial charge in [-0.2, -0.15) is 8.42 Å². The Labute approximate surface area is 196 Å². The van der Waals surface area contributed by atoms with Crippen LogP contribution >= 0.6 is 0 Å². The van der Waals surface area contributed by atoms with E-state index in [0.29, 0.717) is 29.5 Å². The average molecular weight is 470 g/mol. The van der Waals surface area contributed by atoms with E-state index in [4.69, 9.17) is 9.47 Å². The van der Waals surface area contributed by atoms with Crippen molar-refractivity contribution in [1.29, 1.82) is 0 Å². The zero-order valence-corrected chi connectivity index (χ0v) is 20.2. The molecule has 7 heteroatoms. The van der Waals surface area contributed by atoms with Crippen LogP contribution in [-0.4, -0.2) is 31.3 Å². The number of ether oxygens (including phenoxy) is 2. The van der Waals surface area contributed by atoms with Crippen molar-refractivity contribution < 1.29 is 22.4 Å². The first-order valence-corrected chi connectivity index (χ1v) is 12.5. The number of aryl methyl sites for hydroxylation is 2. The van der Waals surface area contributed by atoms with Crippen molar-refractivity contribution in [2.24, 2.45) is 0 Å². The van der Waals surface area contributed by atoms with E-state index in [1.54, 1.807) is 12.1 Å². The molecule has 3 rings (SSSR count). The molecule has 3 aromatic rings. The van der Waals surface area contributed by atoms with Crippen molar-refractivity contribution in [3.05, 3.63) is 83.4 Å². The van der Waals surface area contributed by atoms with E-state index < -0.39 is 21.8 Å². The van der Waals surface area contributed by atoms with Gasteiger partial charge in [-0.25, -0.2) is 0 Å². The van der Waals surface area contributed by atoms with E-state index in [9.17, 15) is 13.0 Å². The van der Waals surface area contributed by atoms with Gasteiger partial charge in [0.1, 0.15) is 11.5 Å². The van der Waals surface area contributed by atoms with Crippen LogP contribution < -0.4 is 14.8 Å². The molecule has 0 radical (unpaired) electrons. The van der Waals surface area contributed by atoms with Crippen LogP contribution in [0.2, 0.25) is 0 Å². The Morgan fingerprint density at radius 3 is 1.82 bits per heavy atom. The highest BCUT2D eigenvalue weighted by molar-refractivity contribution is 7.85. The maximum atomic E-state index is 11.7. The third-order valence-electron chi connectivity index (χ3n) is 5.12. The van der Waals surface area contributed by atoms with Gasteiger partial charge in [-0.05, 0) is 55.8 Å². The SMILES string of the molecule is Cc1ccc(Oc2ccc(C(CNC(C)C)CS(=O)(=O)O)cc2Oc2ccc(C)cc2)cc1. The van der Waals surface area contributed by atoms with E-state index >= 15 is 0 Å². The lowest BCUT2D eigenvalue weighted by atomic mass is 10.00. The van der Waals surface area contributed by atoms with E-state index in [-0.39, 0.29) is 6.04 Å². The van der Waals surface area contributed by atoms with Gasteiger partial charge in [-0.15, -0.1) is 0 Å². The lowest BCUT2D eigenvalue weighted by molar-refractivity contribution is 0.417. The molecule has 1 unspecified atom stereocenters. The van der Waals surface area contributed by atoms with Gasteiger partial charge in [-0.1, -0.05) is 55.3 Å². The minimum Gasteiger partial charge on any atom is -0.453 e. The first-order valence-electron chi connectivity index (χ1n) is 10.9. The van der Waals surface area contributed by atoms with Gasteiger partial charge in [0.25, 0.3) is 10.1 Å². The Morgan fingerprint density at radius 1 is 0.818 bits per heavy atom. The Hall–Kier alpha value is -2.87. The van der Waals surface area contributed by atoms with Gasteiger partial charge in [0.15, 0.2) is 11.5 Å². The van der Waals surface area contributed by atoms with Crippen molar-refractivity contribution in [3.8, 4) is 23.0 Å². The Kier molecular flexibility index (Phi) is 8.13. The van der Waals surface area contributed by atoms with Crippen molar-refractivity contribution in [1.82, 2.24) is 5.32 Å². The predicted molar refractivity (Wildman–Crippen MR) is 131 cm³/mol. The highest BCUT2D eigenvalue weighted by atomic mass is 32.2. The van der Waals surface area contributed by atoms with Crippen LogP contribution in [0.15, 0.2) is 66.7 Å². The molecule has 6 nitrogen and oxygen atoms in total. The fraction of sp³-hybridized carbons (Fsp3) is 0.308. The van der Waals surface area contributed by atoms with Gasteiger partial charge in [0.2, 0.25) is 0 Å². The molecule has 33 heavy (non-hydrogen) atoms. The normalized spacial score (nSPS) is 12.5. The van der Waals surface area contributed by atoms with Crippen molar-refractivity contribution in [2.75, 3.05) is 12.3 Å². The summed E-state index contributed by atoms with van der Waals surface area (Å²) in [6, 6.07) is 20.9. The zero-order valence-electron chi connectivity index (χ0n) is 19.4. The number of nitrogens with one attached hydrogen (secondary N) is 1. The van der Waals surface area contributed by atoms with E-state index in [0.717, 1.165) is 16.7 Å². The van der Waals surface area contributed by atoms with Crippen LogP contribution in [0, 0.1) is 13.8 Å². The average Bonchev–Trinajstić information content (AvgIpc) is 2.74. The summed E-state index contributed by atoms with van der Waals surface area (Å²) in [5, 5.41) is 3.25. The summed E-state index contributed by atoms with van der Waals surface area (Å²) >= 11 is 0. The van der Waals surface area contributed by atoms with E-state index in [1.165, 1.54) is 0 Å². The molecule has 0 saturated carbocycles. The number of hydrogen-bond acceptors (Lipinski definition) is 5. The monoisotopic (exact) mass is 469 g/mol.